The van der Waals surface area contributed by atoms with E-state index in [1.165, 1.54) is 4.90 Å². The van der Waals surface area contributed by atoms with Gasteiger partial charge in [-0.25, -0.2) is 0 Å². The molecule has 1 aromatic carbocycles. The molecule has 136 valence electrons. The Morgan fingerprint density at radius 2 is 1.88 bits per heavy atom. The Kier molecular flexibility index (Phi) is 5.43. The number of hydrogen-bond acceptors (Lipinski definition) is 6. The molecule has 0 saturated carbocycles. The first-order valence-electron chi connectivity index (χ1n) is 8.34. The summed E-state index contributed by atoms with van der Waals surface area (Å²) in [5.41, 5.74) is 1.88. The molecule has 2 heterocycles. The first kappa shape index (κ1) is 18.6. The number of esters is 1. The summed E-state index contributed by atoms with van der Waals surface area (Å²) in [6.07, 6.45) is 0.803. The summed E-state index contributed by atoms with van der Waals surface area (Å²) in [7, 11) is 0. The average Bonchev–Trinajstić information content (AvgIpc) is 3.04. The van der Waals surface area contributed by atoms with Gasteiger partial charge in [-0.3, -0.25) is 19.3 Å². The molecule has 0 N–H and O–H groups in total. The number of amides is 2. The number of benzene rings is 1. The van der Waals surface area contributed by atoms with Gasteiger partial charge in [-0.1, -0.05) is 49.1 Å². The van der Waals surface area contributed by atoms with Crippen LogP contribution in [0.15, 0.2) is 29.2 Å². The lowest BCUT2D eigenvalue weighted by Gasteiger charge is -2.15. The fraction of sp³-hybridized carbons (Fsp3) is 0.333. The van der Waals surface area contributed by atoms with Crippen LogP contribution in [-0.4, -0.2) is 46.7 Å². The Morgan fingerprint density at radius 3 is 2.58 bits per heavy atom. The van der Waals surface area contributed by atoms with Gasteiger partial charge in [0, 0.05) is 12.1 Å². The molecule has 0 aliphatic carbocycles. The van der Waals surface area contributed by atoms with E-state index >= 15 is 0 Å². The molecule has 1 saturated heterocycles. The van der Waals surface area contributed by atoms with Crippen LogP contribution < -0.4 is 4.90 Å². The van der Waals surface area contributed by atoms with Crippen molar-refractivity contribution in [3.63, 3.8) is 0 Å². The van der Waals surface area contributed by atoms with Gasteiger partial charge in [-0.15, -0.1) is 0 Å². The second-order valence-corrected chi connectivity index (χ2v) is 7.39. The maximum Gasteiger partial charge on any atom is 0.326 e. The monoisotopic (exact) mass is 390 g/mol. The number of nitrogens with zero attached hydrogens (tertiary/aromatic N) is 2. The molecule has 2 aliphatic heterocycles. The maximum absolute atomic E-state index is 13.0. The summed E-state index contributed by atoms with van der Waals surface area (Å²) >= 11 is 6.31. The highest BCUT2D eigenvalue weighted by Gasteiger charge is 2.42. The van der Waals surface area contributed by atoms with Crippen LogP contribution in [0.2, 0.25) is 0 Å². The molecular formula is C18H18N2O4S2. The van der Waals surface area contributed by atoms with E-state index in [-0.39, 0.29) is 28.3 Å². The lowest BCUT2D eigenvalue weighted by Crippen LogP contribution is -2.34. The summed E-state index contributed by atoms with van der Waals surface area (Å²) in [6.45, 7) is 4.24. The van der Waals surface area contributed by atoms with Crippen molar-refractivity contribution in [3.05, 3.63) is 34.7 Å². The Labute approximate surface area is 161 Å². The summed E-state index contributed by atoms with van der Waals surface area (Å²) in [4.78, 5) is 40.7. The van der Waals surface area contributed by atoms with Crippen LogP contribution in [0.4, 0.5) is 5.69 Å². The smallest absolute Gasteiger partial charge is 0.326 e. The van der Waals surface area contributed by atoms with Gasteiger partial charge in [-0.2, -0.15) is 0 Å². The van der Waals surface area contributed by atoms with Crippen molar-refractivity contribution < 1.29 is 19.1 Å². The van der Waals surface area contributed by atoms with E-state index in [1.807, 2.05) is 31.2 Å². The third-order valence-corrected chi connectivity index (χ3v) is 5.49. The zero-order valence-electron chi connectivity index (χ0n) is 14.5. The quantitative estimate of drug-likeness (QED) is 0.437. The molecule has 6 nitrogen and oxygen atoms in total. The third-order valence-electron chi connectivity index (χ3n) is 4.04. The van der Waals surface area contributed by atoms with Gasteiger partial charge in [-0.05, 0) is 19.4 Å². The standard InChI is InChI=1S/C18H18N2O4S2/c1-3-9-19-12-8-6-5-7-11(12)14(16(19)22)15-17(23)20(18(25)26-15)10-13(21)24-4-2/h5-8H,3-4,9-10H2,1-2H3/b15-14-. The number of rotatable bonds is 5. The molecule has 1 aromatic rings. The minimum Gasteiger partial charge on any atom is -0.465 e. The normalized spacial score (nSPS) is 19.4. The van der Waals surface area contributed by atoms with Crippen LogP contribution in [-0.2, 0) is 19.1 Å². The van der Waals surface area contributed by atoms with Crippen molar-refractivity contribution in [1.82, 2.24) is 4.90 Å². The minimum atomic E-state index is -0.527. The second kappa shape index (κ2) is 7.59. The van der Waals surface area contributed by atoms with Crippen LogP contribution in [0.5, 0.6) is 0 Å². The SMILES string of the molecule is CCCN1C(=O)/C(=C2\SC(=S)N(CC(=O)OCC)C2=O)c2ccccc21. The van der Waals surface area contributed by atoms with E-state index in [0.717, 1.165) is 29.4 Å². The predicted octanol–water partition coefficient (Wildman–Crippen LogP) is 2.58. The summed E-state index contributed by atoms with van der Waals surface area (Å²) < 4.78 is 5.15. The van der Waals surface area contributed by atoms with E-state index in [9.17, 15) is 14.4 Å². The molecular weight excluding hydrogens is 372 g/mol. The second-order valence-electron chi connectivity index (χ2n) is 5.74. The molecule has 8 heteroatoms. The van der Waals surface area contributed by atoms with Crippen molar-refractivity contribution in [2.45, 2.75) is 20.3 Å². The van der Waals surface area contributed by atoms with Crippen LogP contribution in [0, 0.1) is 0 Å². The number of ether oxygens (including phenoxy) is 1. The number of thioether (sulfide) groups is 1. The summed E-state index contributed by atoms with van der Waals surface area (Å²) in [5.74, 6) is -1.16. The summed E-state index contributed by atoms with van der Waals surface area (Å²) in [6, 6.07) is 7.40. The van der Waals surface area contributed by atoms with Crippen LogP contribution in [0.1, 0.15) is 25.8 Å². The van der Waals surface area contributed by atoms with Crippen LogP contribution >= 0.6 is 24.0 Å². The van der Waals surface area contributed by atoms with Gasteiger partial charge < -0.3 is 9.64 Å². The Morgan fingerprint density at radius 1 is 1.15 bits per heavy atom. The average molecular weight is 390 g/mol. The van der Waals surface area contributed by atoms with Gasteiger partial charge in [0.2, 0.25) is 0 Å². The number of thiocarbonyl (C=S) groups is 1. The van der Waals surface area contributed by atoms with Gasteiger partial charge >= 0.3 is 5.97 Å². The first-order valence-corrected chi connectivity index (χ1v) is 9.56. The highest BCUT2D eigenvalue weighted by Crippen LogP contribution is 2.44. The molecule has 2 aliphatic rings. The minimum absolute atomic E-state index is 0.204. The Hall–Kier alpha value is -2.19. The van der Waals surface area contributed by atoms with Gasteiger partial charge in [0.1, 0.15) is 10.9 Å². The fourth-order valence-electron chi connectivity index (χ4n) is 2.97. The number of carbonyl (C=O) groups is 3. The lowest BCUT2D eigenvalue weighted by molar-refractivity contribution is -0.145. The molecule has 2 amide bonds. The molecule has 1 fully saturated rings. The molecule has 0 radical (unpaired) electrons. The zero-order chi connectivity index (χ0) is 18.8. The van der Waals surface area contributed by atoms with Crippen molar-refractivity contribution in [3.8, 4) is 0 Å². The van der Waals surface area contributed by atoms with E-state index in [2.05, 4.69) is 0 Å². The van der Waals surface area contributed by atoms with Crippen molar-refractivity contribution in [2.75, 3.05) is 24.6 Å². The number of anilines is 1. The molecule has 0 atom stereocenters. The van der Waals surface area contributed by atoms with E-state index in [0.29, 0.717) is 12.1 Å². The van der Waals surface area contributed by atoms with Crippen molar-refractivity contribution in [1.29, 1.82) is 0 Å². The Balaban J connectivity index is 2.00. The topological polar surface area (TPSA) is 66.9 Å². The molecule has 3 rings (SSSR count). The number of hydrogen-bond donors (Lipinski definition) is 0. The maximum atomic E-state index is 13.0. The number of fused-ring (bicyclic) bond motifs is 1. The van der Waals surface area contributed by atoms with E-state index in [1.54, 1.807) is 11.8 Å². The van der Waals surface area contributed by atoms with Crippen LogP contribution in [0.3, 0.4) is 0 Å². The third kappa shape index (κ3) is 3.14. The van der Waals surface area contributed by atoms with Gasteiger partial charge in [0.05, 0.1) is 22.8 Å². The number of para-hydroxylation sites is 1. The molecule has 0 bridgehead atoms. The highest BCUT2D eigenvalue weighted by atomic mass is 32.2. The van der Waals surface area contributed by atoms with E-state index < -0.39 is 11.9 Å². The molecule has 0 aromatic heterocycles. The van der Waals surface area contributed by atoms with E-state index in [4.69, 9.17) is 17.0 Å². The first-order chi connectivity index (χ1) is 12.5. The number of carbonyl (C=O) groups excluding carboxylic acids is 3. The van der Waals surface area contributed by atoms with Crippen molar-refractivity contribution in [2.24, 2.45) is 0 Å². The summed E-state index contributed by atoms with van der Waals surface area (Å²) in [5, 5.41) is 0. The van der Waals surface area contributed by atoms with Crippen molar-refractivity contribution >= 4 is 57.3 Å². The Bertz CT molecular complexity index is 834. The zero-order valence-corrected chi connectivity index (χ0v) is 16.1. The molecule has 26 heavy (non-hydrogen) atoms. The largest absolute Gasteiger partial charge is 0.465 e. The van der Waals surface area contributed by atoms with Gasteiger partial charge in [0.15, 0.2) is 0 Å². The van der Waals surface area contributed by atoms with Gasteiger partial charge in [0.25, 0.3) is 11.8 Å². The fourth-order valence-corrected chi connectivity index (χ4v) is 4.29. The highest BCUT2D eigenvalue weighted by molar-refractivity contribution is 8.26. The van der Waals surface area contributed by atoms with Crippen LogP contribution in [0.25, 0.3) is 5.57 Å². The molecule has 0 spiro atoms. The predicted molar refractivity (Wildman–Crippen MR) is 105 cm³/mol. The lowest BCUT2D eigenvalue weighted by atomic mass is 10.1. The molecule has 0 unspecified atom stereocenters.